The third-order valence-electron chi connectivity index (χ3n) is 4.16. The van der Waals surface area contributed by atoms with Gasteiger partial charge in [-0.15, -0.1) is 0 Å². The number of rotatable bonds is 2. The maximum atomic E-state index is 6.19. The van der Waals surface area contributed by atoms with Gasteiger partial charge in [0.1, 0.15) is 0 Å². The van der Waals surface area contributed by atoms with Crippen LogP contribution in [0.3, 0.4) is 0 Å². The van der Waals surface area contributed by atoms with E-state index in [0.29, 0.717) is 12.2 Å². The molecule has 80 valence electrons. The molecule has 2 nitrogen and oxygen atoms in total. The second-order valence-electron chi connectivity index (χ2n) is 6.01. The largest absolute Gasteiger partial charge is 0.375 e. The second-order valence-corrected chi connectivity index (χ2v) is 6.01. The average molecular weight is 195 g/mol. The van der Waals surface area contributed by atoms with Gasteiger partial charge in [0, 0.05) is 5.54 Å². The van der Waals surface area contributed by atoms with E-state index in [4.69, 9.17) is 10.5 Å². The lowest BCUT2D eigenvalue weighted by Crippen LogP contribution is -2.33. The molecule has 0 aromatic carbocycles. The molecule has 0 aromatic heterocycles. The van der Waals surface area contributed by atoms with Gasteiger partial charge in [-0.2, -0.15) is 0 Å². The highest BCUT2D eigenvalue weighted by Crippen LogP contribution is 2.49. The van der Waals surface area contributed by atoms with Crippen molar-refractivity contribution in [2.75, 3.05) is 0 Å². The molecule has 0 heterocycles. The van der Waals surface area contributed by atoms with Gasteiger partial charge in [-0.1, -0.05) is 0 Å². The zero-order chi connectivity index (χ0) is 9.76. The lowest BCUT2D eigenvalue weighted by atomic mass is 9.97. The van der Waals surface area contributed by atoms with Crippen molar-refractivity contribution in [3.05, 3.63) is 0 Å². The van der Waals surface area contributed by atoms with Crippen molar-refractivity contribution < 1.29 is 4.74 Å². The third-order valence-corrected chi connectivity index (χ3v) is 4.16. The van der Waals surface area contributed by atoms with Gasteiger partial charge in [-0.3, -0.25) is 0 Å². The molecule has 4 atom stereocenters. The van der Waals surface area contributed by atoms with Gasteiger partial charge in [0.15, 0.2) is 0 Å². The van der Waals surface area contributed by atoms with Crippen LogP contribution in [0.1, 0.15) is 45.4 Å². The van der Waals surface area contributed by atoms with Crippen LogP contribution in [0.5, 0.6) is 0 Å². The molecule has 0 aliphatic heterocycles. The van der Waals surface area contributed by atoms with Gasteiger partial charge in [-0.25, -0.2) is 0 Å². The standard InChI is InChI=1S/C12H21NO/c1-12(13)6-8-4-11(5-9(8)7-12)14-10-2-3-10/h8-11H,2-7,13H2,1H3/t8-,9+,11-,12?. The topological polar surface area (TPSA) is 35.2 Å². The van der Waals surface area contributed by atoms with Crippen LogP contribution < -0.4 is 5.73 Å². The molecule has 0 saturated heterocycles. The third kappa shape index (κ3) is 1.70. The number of ether oxygens (including phenoxy) is 1. The van der Waals surface area contributed by atoms with E-state index in [1.807, 2.05) is 0 Å². The first-order valence-corrected chi connectivity index (χ1v) is 6.07. The summed E-state index contributed by atoms with van der Waals surface area (Å²) in [6.07, 6.45) is 8.84. The van der Waals surface area contributed by atoms with Crippen molar-refractivity contribution in [2.45, 2.75) is 63.2 Å². The van der Waals surface area contributed by atoms with Crippen molar-refractivity contribution in [2.24, 2.45) is 17.6 Å². The predicted molar refractivity (Wildman–Crippen MR) is 55.9 cm³/mol. The number of hydrogen-bond acceptors (Lipinski definition) is 2. The van der Waals surface area contributed by atoms with Gasteiger partial charge in [0.25, 0.3) is 0 Å². The summed E-state index contributed by atoms with van der Waals surface area (Å²) in [4.78, 5) is 0. The zero-order valence-corrected chi connectivity index (χ0v) is 9.04. The van der Waals surface area contributed by atoms with Crippen molar-refractivity contribution in [1.82, 2.24) is 0 Å². The Morgan fingerprint density at radius 3 is 2.14 bits per heavy atom. The van der Waals surface area contributed by atoms with Crippen molar-refractivity contribution in [3.63, 3.8) is 0 Å². The van der Waals surface area contributed by atoms with Gasteiger partial charge >= 0.3 is 0 Å². The Morgan fingerprint density at radius 2 is 1.64 bits per heavy atom. The Kier molecular flexibility index (Phi) is 1.94. The summed E-state index contributed by atoms with van der Waals surface area (Å²) in [5.74, 6) is 1.74. The molecule has 2 heteroatoms. The minimum Gasteiger partial charge on any atom is -0.375 e. The van der Waals surface area contributed by atoms with E-state index in [-0.39, 0.29) is 5.54 Å². The van der Waals surface area contributed by atoms with E-state index in [0.717, 1.165) is 11.8 Å². The van der Waals surface area contributed by atoms with Crippen LogP contribution in [0, 0.1) is 11.8 Å². The van der Waals surface area contributed by atoms with E-state index in [2.05, 4.69) is 6.92 Å². The van der Waals surface area contributed by atoms with E-state index in [9.17, 15) is 0 Å². The zero-order valence-electron chi connectivity index (χ0n) is 9.04. The summed E-state index contributed by atoms with van der Waals surface area (Å²) in [6.45, 7) is 2.21. The molecule has 14 heavy (non-hydrogen) atoms. The fourth-order valence-electron chi connectivity index (χ4n) is 3.53. The minimum absolute atomic E-state index is 0.125. The summed E-state index contributed by atoms with van der Waals surface area (Å²) in [5, 5.41) is 0. The molecule has 1 unspecified atom stereocenters. The monoisotopic (exact) mass is 195 g/mol. The number of fused-ring (bicyclic) bond motifs is 1. The summed E-state index contributed by atoms with van der Waals surface area (Å²) in [5.41, 5.74) is 6.31. The highest BCUT2D eigenvalue weighted by atomic mass is 16.5. The molecule has 2 N–H and O–H groups in total. The summed E-state index contributed by atoms with van der Waals surface area (Å²) in [6, 6.07) is 0. The Balaban J connectivity index is 1.57. The molecule has 0 amide bonds. The smallest absolute Gasteiger partial charge is 0.0584 e. The molecule has 3 rings (SSSR count). The van der Waals surface area contributed by atoms with Crippen LogP contribution in [0.25, 0.3) is 0 Å². The minimum atomic E-state index is 0.125. The highest BCUT2D eigenvalue weighted by Gasteiger charge is 2.46. The summed E-state index contributed by atoms with van der Waals surface area (Å²) >= 11 is 0. The second kappa shape index (κ2) is 2.96. The molecule has 3 saturated carbocycles. The van der Waals surface area contributed by atoms with Crippen LogP contribution in [0.2, 0.25) is 0 Å². The van der Waals surface area contributed by atoms with Crippen LogP contribution in [0.4, 0.5) is 0 Å². The Bertz CT molecular complexity index is 218. The fourth-order valence-corrected chi connectivity index (χ4v) is 3.53. The van der Waals surface area contributed by atoms with Crippen LogP contribution in [-0.4, -0.2) is 17.7 Å². The molecule has 3 fully saturated rings. The van der Waals surface area contributed by atoms with E-state index >= 15 is 0 Å². The lowest BCUT2D eigenvalue weighted by Gasteiger charge is -2.20. The normalized spacial score (nSPS) is 52.3. The molecular formula is C12H21NO. The van der Waals surface area contributed by atoms with Gasteiger partial charge in [0.2, 0.25) is 0 Å². The van der Waals surface area contributed by atoms with E-state index in [1.165, 1.54) is 38.5 Å². The van der Waals surface area contributed by atoms with Crippen LogP contribution in [-0.2, 0) is 4.74 Å². The Morgan fingerprint density at radius 1 is 1.07 bits per heavy atom. The SMILES string of the molecule is CC1(N)C[C@H]2C[C@@H](OC3CC3)C[C@H]2C1. The van der Waals surface area contributed by atoms with Gasteiger partial charge in [0.05, 0.1) is 12.2 Å². The fraction of sp³-hybridized carbons (Fsp3) is 1.00. The molecule has 0 aromatic rings. The molecule has 0 spiro atoms. The van der Waals surface area contributed by atoms with E-state index in [1.54, 1.807) is 0 Å². The van der Waals surface area contributed by atoms with Crippen molar-refractivity contribution in [3.8, 4) is 0 Å². The summed E-state index contributed by atoms with van der Waals surface area (Å²) < 4.78 is 5.99. The quantitative estimate of drug-likeness (QED) is 0.732. The summed E-state index contributed by atoms with van der Waals surface area (Å²) in [7, 11) is 0. The maximum absolute atomic E-state index is 6.19. The molecule has 0 bridgehead atoms. The predicted octanol–water partition coefficient (Wildman–Crippen LogP) is 2.07. The van der Waals surface area contributed by atoms with Crippen molar-refractivity contribution >= 4 is 0 Å². The molecule has 0 radical (unpaired) electrons. The lowest BCUT2D eigenvalue weighted by molar-refractivity contribution is 0.0381. The first kappa shape index (κ1) is 9.17. The van der Waals surface area contributed by atoms with Gasteiger partial charge in [-0.05, 0) is 57.3 Å². The van der Waals surface area contributed by atoms with Crippen LogP contribution in [0.15, 0.2) is 0 Å². The Labute approximate surface area is 86.2 Å². The molecule has 3 aliphatic rings. The van der Waals surface area contributed by atoms with Crippen LogP contribution >= 0.6 is 0 Å². The first-order chi connectivity index (χ1) is 6.62. The number of nitrogens with two attached hydrogens (primary N) is 1. The Hall–Kier alpha value is -0.0800. The first-order valence-electron chi connectivity index (χ1n) is 6.07. The number of hydrogen-bond donors (Lipinski definition) is 1. The van der Waals surface area contributed by atoms with E-state index < -0.39 is 0 Å². The molecular weight excluding hydrogens is 174 g/mol. The molecule has 3 aliphatic carbocycles. The average Bonchev–Trinajstić information content (AvgIpc) is 2.70. The highest BCUT2D eigenvalue weighted by molar-refractivity contribution is 5.00. The maximum Gasteiger partial charge on any atom is 0.0584 e. The van der Waals surface area contributed by atoms with Crippen molar-refractivity contribution in [1.29, 1.82) is 0 Å². The van der Waals surface area contributed by atoms with Gasteiger partial charge < -0.3 is 10.5 Å².